The standard InChI is InChI=1S/C12H17BrN2O2/c1-2-4-8(7-14)12(17)15-10-6-3-5-9(13)11(10)16/h3,5-6,8,16H,2,4,7,14H2,1H3,(H,15,17). The molecule has 0 aliphatic rings. The lowest BCUT2D eigenvalue weighted by molar-refractivity contribution is -0.119. The van der Waals surface area contributed by atoms with Crippen LogP contribution in [0.25, 0.3) is 0 Å². The van der Waals surface area contributed by atoms with Gasteiger partial charge in [-0.3, -0.25) is 4.79 Å². The van der Waals surface area contributed by atoms with Crippen LogP contribution in [0.3, 0.4) is 0 Å². The lowest BCUT2D eigenvalue weighted by atomic mass is 10.0. The van der Waals surface area contributed by atoms with Gasteiger partial charge < -0.3 is 16.2 Å². The second-order valence-electron chi connectivity index (χ2n) is 3.85. The molecule has 1 rings (SSSR count). The average Bonchev–Trinajstić information content (AvgIpc) is 2.31. The van der Waals surface area contributed by atoms with Gasteiger partial charge in [0.1, 0.15) is 0 Å². The highest BCUT2D eigenvalue weighted by Crippen LogP contribution is 2.31. The number of hydrogen-bond acceptors (Lipinski definition) is 3. The SMILES string of the molecule is CCCC(CN)C(=O)Nc1cccc(Br)c1O. The van der Waals surface area contributed by atoms with Crippen LogP contribution in [-0.2, 0) is 4.79 Å². The van der Waals surface area contributed by atoms with Crippen LogP contribution in [0.1, 0.15) is 19.8 Å². The van der Waals surface area contributed by atoms with Gasteiger partial charge in [-0.15, -0.1) is 0 Å². The van der Waals surface area contributed by atoms with Gasteiger partial charge in [0.05, 0.1) is 16.1 Å². The van der Waals surface area contributed by atoms with Gasteiger partial charge in [-0.2, -0.15) is 0 Å². The number of carbonyl (C=O) groups is 1. The van der Waals surface area contributed by atoms with E-state index in [4.69, 9.17) is 5.73 Å². The van der Waals surface area contributed by atoms with Crippen molar-refractivity contribution in [3.63, 3.8) is 0 Å². The molecule has 0 heterocycles. The maximum atomic E-state index is 11.9. The average molecular weight is 301 g/mol. The van der Waals surface area contributed by atoms with Gasteiger partial charge in [-0.25, -0.2) is 0 Å². The van der Waals surface area contributed by atoms with E-state index in [1.165, 1.54) is 0 Å². The van der Waals surface area contributed by atoms with Crippen molar-refractivity contribution in [2.45, 2.75) is 19.8 Å². The van der Waals surface area contributed by atoms with Gasteiger partial charge in [-0.1, -0.05) is 19.4 Å². The van der Waals surface area contributed by atoms with Crippen LogP contribution in [0.2, 0.25) is 0 Å². The summed E-state index contributed by atoms with van der Waals surface area (Å²) in [5.41, 5.74) is 5.95. The zero-order valence-corrected chi connectivity index (χ0v) is 11.3. The zero-order chi connectivity index (χ0) is 12.8. The maximum Gasteiger partial charge on any atom is 0.228 e. The number of phenols is 1. The lowest BCUT2D eigenvalue weighted by Gasteiger charge is -2.14. The fourth-order valence-electron chi connectivity index (χ4n) is 1.56. The van der Waals surface area contributed by atoms with Crippen LogP contribution in [0, 0.1) is 5.92 Å². The van der Waals surface area contributed by atoms with Crippen LogP contribution in [-0.4, -0.2) is 17.6 Å². The summed E-state index contributed by atoms with van der Waals surface area (Å²) in [6, 6.07) is 5.10. The number of benzene rings is 1. The molecule has 5 heteroatoms. The van der Waals surface area contributed by atoms with Crippen molar-refractivity contribution in [1.29, 1.82) is 0 Å². The second-order valence-corrected chi connectivity index (χ2v) is 4.70. The van der Waals surface area contributed by atoms with E-state index < -0.39 is 0 Å². The molecule has 1 atom stereocenters. The largest absolute Gasteiger partial charge is 0.505 e. The predicted octanol–water partition coefficient (Wildman–Crippen LogP) is 2.47. The minimum atomic E-state index is -0.210. The molecule has 0 radical (unpaired) electrons. The first-order chi connectivity index (χ1) is 8.10. The highest BCUT2D eigenvalue weighted by atomic mass is 79.9. The Morgan fingerprint density at radius 1 is 1.59 bits per heavy atom. The summed E-state index contributed by atoms with van der Waals surface area (Å²) >= 11 is 3.19. The molecule has 4 N–H and O–H groups in total. The normalized spacial score (nSPS) is 12.2. The highest BCUT2D eigenvalue weighted by Gasteiger charge is 2.17. The summed E-state index contributed by atoms with van der Waals surface area (Å²) in [5.74, 6) is -0.325. The molecular formula is C12H17BrN2O2. The van der Waals surface area contributed by atoms with Crippen LogP contribution in [0.15, 0.2) is 22.7 Å². The zero-order valence-electron chi connectivity index (χ0n) is 9.74. The van der Waals surface area contributed by atoms with Gasteiger partial charge in [0, 0.05) is 6.54 Å². The topological polar surface area (TPSA) is 75.4 Å². The van der Waals surface area contributed by atoms with Crippen molar-refractivity contribution in [3.8, 4) is 5.75 Å². The number of amides is 1. The Bertz CT molecular complexity index is 396. The molecule has 0 aliphatic heterocycles. The van der Waals surface area contributed by atoms with Gasteiger partial charge in [0.2, 0.25) is 5.91 Å². The first-order valence-corrected chi connectivity index (χ1v) is 6.37. The number of anilines is 1. The monoisotopic (exact) mass is 300 g/mol. The van der Waals surface area contributed by atoms with E-state index in [-0.39, 0.29) is 17.6 Å². The third-order valence-electron chi connectivity index (χ3n) is 2.54. The number of carbonyl (C=O) groups excluding carboxylic acids is 1. The maximum absolute atomic E-state index is 11.9. The van der Waals surface area contributed by atoms with E-state index in [9.17, 15) is 9.90 Å². The van der Waals surface area contributed by atoms with Crippen LogP contribution < -0.4 is 11.1 Å². The molecule has 1 aromatic rings. The van der Waals surface area contributed by atoms with Gasteiger partial charge in [0.25, 0.3) is 0 Å². The minimum Gasteiger partial charge on any atom is -0.505 e. The van der Waals surface area contributed by atoms with E-state index in [2.05, 4.69) is 21.2 Å². The number of para-hydroxylation sites is 1. The predicted molar refractivity (Wildman–Crippen MR) is 71.9 cm³/mol. The molecule has 17 heavy (non-hydrogen) atoms. The summed E-state index contributed by atoms with van der Waals surface area (Å²) in [6.45, 7) is 2.32. The Morgan fingerprint density at radius 3 is 2.88 bits per heavy atom. The number of nitrogens with two attached hydrogens (primary N) is 1. The molecular weight excluding hydrogens is 284 g/mol. The van der Waals surface area contributed by atoms with Crippen molar-refractivity contribution >= 4 is 27.5 Å². The highest BCUT2D eigenvalue weighted by molar-refractivity contribution is 9.10. The molecule has 1 aromatic carbocycles. The van der Waals surface area contributed by atoms with Gasteiger partial charge in [-0.05, 0) is 34.5 Å². The van der Waals surface area contributed by atoms with E-state index >= 15 is 0 Å². The number of halogens is 1. The first-order valence-electron chi connectivity index (χ1n) is 5.58. The smallest absolute Gasteiger partial charge is 0.228 e. The van der Waals surface area contributed by atoms with Gasteiger partial charge >= 0.3 is 0 Å². The number of phenolic OH excluding ortho intramolecular Hbond substituents is 1. The molecule has 1 amide bonds. The summed E-state index contributed by atoms with van der Waals surface area (Å²) in [5, 5.41) is 12.4. The summed E-state index contributed by atoms with van der Waals surface area (Å²) in [6.07, 6.45) is 1.65. The van der Waals surface area contributed by atoms with Gasteiger partial charge in [0.15, 0.2) is 5.75 Å². The lowest BCUT2D eigenvalue weighted by Crippen LogP contribution is -2.29. The molecule has 0 fully saturated rings. The summed E-state index contributed by atoms with van der Waals surface area (Å²) < 4.78 is 0.551. The van der Waals surface area contributed by atoms with Crippen molar-refractivity contribution in [2.75, 3.05) is 11.9 Å². The fourth-order valence-corrected chi connectivity index (χ4v) is 1.92. The van der Waals surface area contributed by atoms with E-state index in [1.54, 1.807) is 18.2 Å². The fraction of sp³-hybridized carbons (Fsp3) is 0.417. The van der Waals surface area contributed by atoms with Crippen molar-refractivity contribution in [3.05, 3.63) is 22.7 Å². The Morgan fingerprint density at radius 2 is 2.29 bits per heavy atom. The van der Waals surface area contributed by atoms with E-state index in [0.717, 1.165) is 12.8 Å². The van der Waals surface area contributed by atoms with Crippen molar-refractivity contribution in [2.24, 2.45) is 11.7 Å². The molecule has 0 spiro atoms. The quantitative estimate of drug-likeness (QED) is 0.731. The Labute approximate surface area is 109 Å². The first kappa shape index (κ1) is 14.0. The minimum absolute atomic E-state index is 0.0353. The number of aromatic hydroxyl groups is 1. The second kappa shape index (κ2) is 6.61. The Balaban J connectivity index is 2.76. The van der Waals surface area contributed by atoms with E-state index in [0.29, 0.717) is 16.7 Å². The molecule has 0 saturated carbocycles. The molecule has 94 valence electrons. The number of hydrogen-bond donors (Lipinski definition) is 3. The molecule has 0 aromatic heterocycles. The van der Waals surface area contributed by atoms with Crippen molar-refractivity contribution in [1.82, 2.24) is 0 Å². The third kappa shape index (κ3) is 3.71. The Kier molecular flexibility index (Phi) is 5.44. The molecule has 4 nitrogen and oxygen atoms in total. The third-order valence-corrected chi connectivity index (χ3v) is 3.18. The van der Waals surface area contributed by atoms with E-state index in [1.807, 2.05) is 6.92 Å². The van der Waals surface area contributed by atoms with Crippen LogP contribution in [0.5, 0.6) is 5.75 Å². The molecule has 0 saturated heterocycles. The Hall–Kier alpha value is -1.07. The number of nitrogens with one attached hydrogen (secondary N) is 1. The molecule has 0 bridgehead atoms. The molecule has 0 aliphatic carbocycles. The van der Waals surface area contributed by atoms with Crippen LogP contribution >= 0.6 is 15.9 Å². The summed E-state index contributed by atoms with van der Waals surface area (Å²) in [7, 11) is 0. The van der Waals surface area contributed by atoms with Crippen molar-refractivity contribution < 1.29 is 9.90 Å². The molecule has 1 unspecified atom stereocenters. The summed E-state index contributed by atoms with van der Waals surface area (Å²) in [4.78, 5) is 11.9. The van der Waals surface area contributed by atoms with Crippen LogP contribution in [0.4, 0.5) is 5.69 Å². The number of rotatable bonds is 5.